The smallest absolute Gasteiger partial charge is 0.346 e. The first-order valence-electron chi connectivity index (χ1n) is 6.42. The number of carbonyl (C=O) groups is 2. The fourth-order valence-corrected chi connectivity index (χ4v) is 2.21. The van der Waals surface area contributed by atoms with Gasteiger partial charge in [0.2, 0.25) is 5.88 Å². The molecule has 0 radical (unpaired) electrons. The van der Waals surface area contributed by atoms with Gasteiger partial charge in [0.05, 0.1) is 16.3 Å². The molecule has 2 rings (SSSR count). The van der Waals surface area contributed by atoms with Gasteiger partial charge in [-0.3, -0.25) is 14.9 Å². The highest BCUT2D eigenvalue weighted by molar-refractivity contribution is 9.10. The molecular weight excluding hydrogens is 388 g/mol. The van der Waals surface area contributed by atoms with Gasteiger partial charge in [-0.05, 0) is 28.9 Å². The van der Waals surface area contributed by atoms with Crippen LogP contribution >= 0.6 is 15.9 Å². The van der Waals surface area contributed by atoms with Crippen LogP contribution in [0.25, 0.3) is 0 Å². The summed E-state index contributed by atoms with van der Waals surface area (Å²) in [5, 5.41) is 16.6. The van der Waals surface area contributed by atoms with Gasteiger partial charge in [0.15, 0.2) is 6.61 Å². The number of non-ortho nitro benzene ring substituents is 1. The molecule has 1 aromatic carbocycles. The molecule has 0 unspecified atom stereocenters. The van der Waals surface area contributed by atoms with E-state index in [4.69, 9.17) is 10.5 Å². The summed E-state index contributed by atoms with van der Waals surface area (Å²) in [5.74, 6) is -1.68. The van der Waals surface area contributed by atoms with Crippen LogP contribution in [-0.4, -0.2) is 28.6 Å². The molecule has 1 aromatic heterocycles. The van der Waals surface area contributed by atoms with Gasteiger partial charge in [0.1, 0.15) is 5.56 Å². The van der Waals surface area contributed by atoms with Crippen molar-refractivity contribution in [3.63, 3.8) is 0 Å². The van der Waals surface area contributed by atoms with Crippen molar-refractivity contribution in [2.24, 2.45) is 0 Å². The minimum Gasteiger partial charge on any atom is -0.452 e. The first kappa shape index (κ1) is 17.4. The number of nitrogen functional groups attached to an aromatic ring is 1. The third-order valence-corrected chi connectivity index (χ3v) is 3.52. The van der Waals surface area contributed by atoms with Crippen LogP contribution in [0, 0.1) is 17.0 Å². The lowest BCUT2D eigenvalue weighted by Crippen LogP contribution is -2.21. The second kappa shape index (κ2) is 7.08. The summed E-state index contributed by atoms with van der Waals surface area (Å²) in [5.41, 5.74) is 5.80. The highest BCUT2D eigenvalue weighted by Crippen LogP contribution is 2.27. The maximum atomic E-state index is 11.8. The summed E-state index contributed by atoms with van der Waals surface area (Å²) in [6.45, 7) is 0.927. The summed E-state index contributed by atoms with van der Waals surface area (Å²) < 4.78 is 9.77. The molecule has 24 heavy (non-hydrogen) atoms. The molecule has 0 aliphatic rings. The van der Waals surface area contributed by atoms with Crippen LogP contribution in [0.5, 0.6) is 0 Å². The highest BCUT2D eigenvalue weighted by atomic mass is 79.9. The van der Waals surface area contributed by atoms with Gasteiger partial charge in [0, 0.05) is 16.6 Å². The number of aryl methyl sites for hydroxylation is 1. The zero-order chi connectivity index (χ0) is 17.9. The van der Waals surface area contributed by atoms with Gasteiger partial charge in [-0.25, -0.2) is 4.79 Å². The Hall–Kier alpha value is -2.95. The maximum absolute atomic E-state index is 11.8. The van der Waals surface area contributed by atoms with Crippen molar-refractivity contribution in [3.8, 4) is 0 Å². The number of hydrogen-bond acceptors (Lipinski definition) is 8. The van der Waals surface area contributed by atoms with E-state index in [0.29, 0.717) is 10.2 Å². The molecule has 0 atom stereocenters. The van der Waals surface area contributed by atoms with E-state index in [2.05, 4.69) is 30.9 Å². The fourth-order valence-electron chi connectivity index (χ4n) is 1.74. The number of benzene rings is 1. The quantitative estimate of drug-likeness (QED) is 0.440. The second-order valence-corrected chi connectivity index (χ2v) is 5.41. The number of nitro groups is 1. The molecule has 0 bridgehead atoms. The van der Waals surface area contributed by atoms with Crippen LogP contribution < -0.4 is 11.1 Å². The van der Waals surface area contributed by atoms with Gasteiger partial charge >= 0.3 is 5.97 Å². The number of nitrogens with one attached hydrogen (secondary N) is 1. The van der Waals surface area contributed by atoms with Gasteiger partial charge in [-0.2, -0.15) is 0 Å². The van der Waals surface area contributed by atoms with E-state index in [1.165, 1.54) is 25.1 Å². The van der Waals surface area contributed by atoms with Gasteiger partial charge in [-0.15, -0.1) is 0 Å². The third kappa shape index (κ3) is 3.87. The monoisotopic (exact) mass is 398 g/mol. The molecule has 2 aromatic rings. The lowest BCUT2D eigenvalue weighted by atomic mass is 10.2. The lowest BCUT2D eigenvalue weighted by molar-refractivity contribution is -0.384. The Bertz CT molecular complexity index is 799. The standard InChI is InChI=1S/C13H11BrN4O6/c1-6-11(12(15)24-17-6)13(20)23-5-10(19)16-9-3-2-7(18(21)22)4-8(9)14/h2-4H,5,15H2,1H3,(H,16,19). The molecule has 126 valence electrons. The normalized spacial score (nSPS) is 10.2. The van der Waals surface area contributed by atoms with Gasteiger partial charge in [0.25, 0.3) is 11.6 Å². The number of nitrogens with zero attached hydrogens (tertiary/aromatic N) is 2. The van der Waals surface area contributed by atoms with Crippen LogP contribution in [-0.2, 0) is 9.53 Å². The minimum atomic E-state index is -0.843. The molecule has 0 saturated heterocycles. The number of hydrogen-bond donors (Lipinski definition) is 2. The van der Waals surface area contributed by atoms with E-state index in [0.717, 1.165) is 0 Å². The Balaban J connectivity index is 1.97. The van der Waals surface area contributed by atoms with E-state index in [9.17, 15) is 19.7 Å². The largest absolute Gasteiger partial charge is 0.452 e. The number of carbonyl (C=O) groups excluding carboxylic acids is 2. The minimum absolute atomic E-state index is 0.0423. The summed E-state index contributed by atoms with van der Waals surface area (Å²) in [6.07, 6.45) is 0. The number of nitro benzene ring substituents is 1. The molecule has 0 aliphatic heterocycles. The average molecular weight is 399 g/mol. The molecular formula is C13H11BrN4O6. The summed E-state index contributed by atoms with van der Waals surface area (Å²) in [4.78, 5) is 33.7. The van der Waals surface area contributed by atoms with E-state index in [1.54, 1.807) is 0 Å². The topological polar surface area (TPSA) is 151 Å². The van der Waals surface area contributed by atoms with Crippen LogP contribution in [0.15, 0.2) is 27.2 Å². The molecule has 11 heteroatoms. The molecule has 0 fully saturated rings. The summed E-state index contributed by atoms with van der Waals surface area (Å²) in [6, 6.07) is 3.82. The zero-order valence-electron chi connectivity index (χ0n) is 12.2. The summed E-state index contributed by atoms with van der Waals surface area (Å²) in [7, 11) is 0. The van der Waals surface area contributed by atoms with Crippen LogP contribution in [0.1, 0.15) is 16.1 Å². The van der Waals surface area contributed by atoms with Crippen molar-refractivity contribution >= 4 is 45.1 Å². The van der Waals surface area contributed by atoms with Crippen LogP contribution in [0.2, 0.25) is 0 Å². The van der Waals surface area contributed by atoms with Crippen molar-refractivity contribution in [3.05, 3.63) is 44.0 Å². The van der Waals surface area contributed by atoms with Gasteiger partial charge < -0.3 is 20.3 Å². The first-order chi connectivity index (χ1) is 11.3. The SMILES string of the molecule is Cc1noc(N)c1C(=O)OCC(=O)Nc1ccc([N+](=O)[O-])cc1Br. The van der Waals surface area contributed by atoms with Crippen LogP contribution in [0.3, 0.4) is 0 Å². The molecule has 0 saturated carbocycles. The number of esters is 1. The number of rotatable bonds is 5. The Labute approximate surface area is 143 Å². The Morgan fingerprint density at radius 3 is 2.75 bits per heavy atom. The lowest BCUT2D eigenvalue weighted by Gasteiger charge is -2.08. The number of amides is 1. The number of aromatic nitrogens is 1. The van der Waals surface area contributed by atoms with E-state index >= 15 is 0 Å². The number of anilines is 2. The highest BCUT2D eigenvalue weighted by Gasteiger charge is 2.21. The van der Waals surface area contributed by atoms with Crippen molar-refractivity contribution in [2.45, 2.75) is 6.92 Å². The maximum Gasteiger partial charge on any atom is 0.346 e. The molecule has 1 amide bonds. The molecule has 3 N–H and O–H groups in total. The summed E-state index contributed by atoms with van der Waals surface area (Å²) >= 11 is 3.11. The predicted molar refractivity (Wildman–Crippen MR) is 85.4 cm³/mol. The Morgan fingerprint density at radius 1 is 1.50 bits per heavy atom. The first-order valence-corrected chi connectivity index (χ1v) is 7.21. The molecule has 10 nitrogen and oxygen atoms in total. The Kier molecular flexibility index (Phi) is 5.14. The number of nitrogens with two attached hydrogens (primary N) is 1. The van der Waals surface area contributed by atoms with Crippen molar-refractivity contribution < 1.29 is 23.8 Å². The zero-order valence-corrected chi connectivity index (χ0v) is 13.8. The predicted octanol–water partition coefficient (Wildman–Crippen LogP) is 2.03. The van der Waals surface area contributed by atoms with Crippen LogP contribution in [0.4, 0.5) is 17.3 Å². The van der Waals surface area contributed by atoms with E-state index < -0.39 is 23.4 Å². The second-order valence-electron chi connectivity index (χ2n) is 4.55. The molecule has 1 heterocycles. The average Bonchev–Trinajstić information content (AvgIpc) is 2.85. The number of halogens is 1. The van der Waals surface area contributed by atoms with E-state index in [-0.39, 0.29) is 22.8 Å². The van der Waals surface area contributed by atoms with E-state index in [1.807, 2.05) is 0 Å². The molecule has 0 spiro atoms. The van der Waals surface area contributed by atoms with Crippen molar-refractivity contribution in [1.29, 1.82) is 0 Å². The third-order valence-electron chi connectivity index (χ3n) is 2.87. The molecule has 0 aliphatic carbocycles. The fraction of sp³-hybridized carbons (Fsp3) is 0.154. The van der Waals surface area contributed by atoms with Crippen molar-refractivity contribution in [2.75, 3.05) is 17.7 Å². The van der Waals surface area contributed by atoms with Gasteiger partial charge in [-0.1, -0.05) is 5.16 Å². The number of ether oxygens (including phenoxy) is 1. The Morgan fingerprint density at radius 2 is 2.21 bits per heavy atom. The van der Waals surface area contributed by atoms with Crippen molar-refractivity contribution in [1.82, 2.24) is 5.16 Å².